The summed E-state index contributed by atoms with van der Waals surface area (Å²) >= 11 is 1.40. The van der Waals surface area contributed by atoms with Gasteiger partial charge >= 0.3 is 5.69 Å². The average molecular weight is 423 g/mol. The van der Waals surface area contributed by atoms with Crippen molar-refractivity contribution >= 4 is 38.9 Å². The van der Waals surface area contributed by atoms with Crippen molar-refractivity contribution < 1.29 is 14.4 Å². The van der Waals surface area contributed by atoms with Crippen molar-refractivity contribution in [1.82, 2.24) is 4.98 Å². The van der Waals surface area contributed by atoms with E-state index >= 15 is 0 Å². The van der Waals surface area contributed by atoms with E-state index < -0.39 is 4.92 Å². The van der Waals surface area contributed by atoms with E-state index in [9.17, 15) is 15.4 Å². The Morgan fingerprint density at radius 2 is 2.13 bits per heavy atom. The van der Waals surface area contributed by atoms with E-state index in [1.165, 1.54) is 24.5 Å². The maximum atomic E-state index is 11.6. The van der Waals surface area contributed by atoms with Crippen LogP contribution in [0.2, 0.25) is 0 Å². The Bertz CT molecular complexity index is 1100. The van der Waals surface area contributed by atoms with Crippen molar-refractivity contribution in [2.45, 2.75) is 26.2 Å². The number of methoxy groups -OCH3 is 1. The summed E-state index contributed by atoms with van der Waals surface area (Å²) in [6.45, 7) is 2.44. The van der Waals surface area contributed by atoms with Crippen LogP contribution in [0.1, 0.15) is 36.8 Å². The van der Waals surface area contributed by atoms with Crippen LogP contribution in [-0.4, -0.2) is 23.6 Å². The molecule has 0 saturated carbocycles. The Morgan fingerprint density at radius 1 is 1.33 bits per heavy atom. The molecule has 0 bridgehead atoms. The molecule has 0 atom stereocenters. The third kappa shape index (κ3) is 4.75. The van der Waals surface area contributed by atoms with Crippen LogP contribution in [0.25, 0.3) is 21.9 Å². The molecule has 0 saturated heterocycles. The van der Waals surface area contributed by atoms with Gasteiger partial charge in [-0.3, -0.25) is 10.1 Å². The van der Waals surface area contributed by atoms with Gasteiger partial charge in [0.1, 0.15) is 11.1 Å². The molecule has 0 unspecified atom stereocenters. The molecule has 1 heterocycles. The maximum Gasteiger partial charge on any atom is 0.315 e. The number of thiazole rings is 1. The first-order valence-electron chi connectivity index (χ1n) is 9.54. The molecule has 0 radical (unpaired) electrons. The Labute approximate surface area is 178 Å². The minimum atomic E-state index is -0.501. The van der Waals surface area contributed by atoms with Crippen LogP contribution in [-0.2, 0) is 0 Å². The standard InChI is InChI=1S/C22H21N3O4S/c1-3-4-7-10-29-21-18(25(26)27)12-15(13-19(21)28-2)11-16(14-23)22-24-17-8-5-6-9-20(17)30-22/h5-6,8-9,11-13H,3-4,7,10H2,1-2H3/b16-11-. The van der Waals surface area contributed by atoms with Crippen LogP contribution < -0.4 is 9.47 Å². The zero-order chi connectivity index (χ0) is 21.5. The predicted molar refractivity (Wildman–Crippen MR) is 118 cm³/mol. The topological polar surface area (TPSA) is 98.3 Å². The number of nitrogens with zero attached hydrogens (tertiary/aromatic N) is 3. The molecule has 0 aliphatic rings. The molecule has 2 aromatic carbocycles. The van der Waals surface area contributed by atoms with Gasteiger partial charge in [-0.1, -0.05) is 31.9 Å². The molecule has 3 aromatic rings. The minimum absolute atomic E-state index is 0.106. The highest BCUT2D eigenvalue weighted by Gasteiger charge is 2.22. The summed E-state index contributed by atoms with van der Waals surface area (Å²) in [6.07, 6.45) is 4.38. The number of ether oxygens (including phenoxy) is 2. The number of unbranched alkanes of at least 4 members (excludes halogenated alkanes) is 2. The van der Waals surface area contributed by atoms with Crippen LogP contribution in [0.4, 0.5) is 5.69 Å². The fourth-order valence-corrected chi connectivity index (χ4v) is 3.88. The van der Waals surface area contributed by atoms with Gasteiger partial charge in [-0.25, -0.2) is 4.98 Å². The van der Waals surface area contributed by atoms with Gasteiger partial charge in [0, 0.05) is 6.07 Å². The number of para-hydroxylation sites is 1. The Kier molecular flexibility index (Phi) is 6.99. The zero-order valence-corrected chi connectivity index (χ0v) is 17.6. The predicted octanol–water partition coefficient (Wildman–Crippen LogP) is 5.85. The smallest absolute Gasteiger partial charge is 0.315 e. The number of hydrogen-bond donors (Lipinski definition) is 0. The number of nitro benzene ring substituents is 1. The molecular weight excluding hydrogens is 402 g/mol. The van der Waals surface area contributed by atoms with Crippen molar-refractivity contribution in [2.75, 3.05) is 13.7 Å². The maximum absolute atomic E-state index is 11.6. The van der Waals surface area contributed by atoms with Crippen LogP contribution in [0.5, 0.6) is 11.5 Å². The number of fused-ring (bicyclic) bond motifs is 1. The summed E-state index contributed by atoms with van der Waals surface area (Å²) in [5.41, 5.74) is 1.40. The van der Waals surface area contributed by atoms with Crippen LogP contribution >= 0.6 is 11.3 Å². The van der Waals surface area contributed by atoms with Gasteiger partial charge in [0.15, 0.2) is 5.75 Å². The normalized spacial score (nSPS) is 11.3. The number of allylic oxidation sites excluding steroid dienone is 1. The summed E-state index contributed by atoms with van der Waals surface area (Å²) in [7, 11) is 1.43. The van der Waals surface area contributed by atoms with Gasteiger partial charge in [0.2, 0.25) is 5.75 Å². The van der Waals surface area contributed by atoms with E-state index in [1.807, 2.05) is 24.3 Å². The van der Waals surface area contributed by atoms with Gasteiger partial charge in [-0.2, -0.15) is 5.26 Å². The highest BCUT2D eigenvalue weighted by Crippen LogP contribution is 2.39. The number of nitriles is 1. The number of hydrogen-bond acceptors (Lipinski definition) is 7. The SMILES string of the molecule is CCCCCOc1c(OC)cc(/C=C(/C#N)c2nc3ccccc3s2)cc1[N+](=O)[O-]. The second-order valence-electron chi connectivity index (χ2n) is 6.54. The molecular formula is C22H21N3O4S. The first-order chi connectivity index (χ1) is 14.6. The van der Waals surface area contributed by atoms with E-state index in [0.717, 1.165) is 29.5 Å². The van der Waals surface area contributed by atoms with Gasteiger partial charge in [-0.15, -0.1) is 11.3 Å². The molecule has 0 aliphatic carbocycles. The third-order valence-corrected chi connectivity index (χ3v) is 5.49. The van der Waals surface area contributed by atoms with Gasteiger partial charge in [0.25, 0.3) is 0 Å². The molecule has 30 heavy (non-hydrogen) atoms. The number of rotatable bonds is 9. The molecule has 0 fully saturated rings. The fourth-order valence-electron chi connectivity index (χ4n) is 2.95. The fraction of sp³-hybridized carbons (Fsp3) is 0.273. The Balaban J connectivity index is 2.00. The van der Waals surface area contributed by atoms with Crippen LogP contribution in [0.15, 0.2) is 36.4 Å². The monoisotopic (exact) mass is 423 g/mol. The Morgan fingerprint density at radius 3 is 2.80 bits per heavy atom. The summed E-state index contributed by atoms with van der Waals surface area (Å²) in [5, 5.41) is 21.9. The molecule has 154 valence electrons. The summed E-state index contributed by atoms with van der Waals surface area (Å²) in [4.78, 5) is 15.6. The summed E-state index contributed by atoms with van der Waals surface area (Å²) in [5.74, 6) is 0.364. The first-order valence-corrected chi connectivity index (χ1v) is 10.4. The minimum Gasteiger partial charge on any atom is -0.493 e. The van der Waals surface area contributed by atoms with Crippen molar-refractivity contribution in [3.63, 3.8) is 0 Å². The van der Waals surface area contributed by atoms with E-state index in [0.29, 0.717) is 22.8 Å². The number of aromatic nitrogens is 1. The van der Waals surface area contributed by atoms with Crippen molar-refractivity contribution in [1.29, 1.82) is 5.26 Å². The molecule has 7 nitrogen and oxygen atoms in total. The van der Waals surface area contributed by atoms with E-state index in [2.05, 4.69) is 18.0 Å². The molecule has 3 rings (SSSR count). The van der Waals surface area contributed by atoms with Crippen molar-refractivity contribution in [3.05, 3.63) is 57.1 Å². The van der Waals surface area contributed by atoms with E-state index in [1.54, 1.807) is 12.1 Å². The molecule has 0 spiro atoms. The zero-order valence-electron chi connectivity index (χ0n) is 16.8. The van der Waals surface area contributed by atoms with Gasteiger partial charge in [0.05, 0.1) is 34.4 Å². The molecule has 0 aliphatic heterocycles. The van der Waals surface area contributed by atoms with Crippen LogP contribution in [0.3, 0.4) is 0 Å². The average Bonchev–Trinajstić information content (AvgIpc) is 3.19. The third-order valence-electron chi connectivity index (χ3n) is 4.42. The lowest BCUT2D eigenvalue weighted by Gasteiger charge is -2.12. The Hall–Kier alpha value is -3.44. The lowest BCUT2D eigenvalue weighted by Crippen LogP contribution is -2.03. The lowest BCUT2D eigenvalue weighted by molar-refractivity contribution is -0.386. The quantitative estimate of drug-likeness (QED) is 0.185. The summed E-state index contributed by atoms with van der Waals surface area (Å²) in [6, 6.07) is 12.8. The van der Waals surface area contributed by atoms with Crippen molar-refractivity contribution in [2.24, 2.45) is 0 Å². The highest BCUT2D eigenvalue weighted by atomic mass is 32.1. The summed E-state index contributed by atoms with van der Waals surface area (Å²) < 4.78 is 12.0. The van der Waals surface area contributed by atoms with Gasteiger partial charge in [-0.05, 0) is 36.3 Å². The first kappa shape index (κ1) is 21.3. The molecule has 1 aromatic heterocycles. The van der Waals surface area contributed by atoms with Crippen molar-refractivity contribution in [3.8, 4) is 17.6 Å². The highest BCUT2D eigenvalue weighted by molar-refractivity contribution is 7.19. The second-order valence-corrected chi connectivity index (χ2v) is 7.57. The van der Waals surface area contributed by atoms with E-state index in [4.69, 9.17) is 9.47 Å². The number of nitro groups is 1. The largest absolute Gasteiger partial charge is 0.493 e. The molecule has 8 heteroatoms. The number of benzene rings is 2. The molecule has 0 N–H and O–H groups in total. The van der Waals surface area contributed by atoms with Crippen LogP contribution in [0, 0.1) is 21.4 Å². The second kappa shape index (κ2) is 9.85. The van der Waals surface area contributed by atoms with E-state index in [-0.39, 0.29) is 17.2 Å². The molecule has 0 amide bonds. The lowest BCUT2D eigenvalue weighted by atomic mass is 10.1. The van der Waals surface area contributed by atoms with Gasteiger partial charge < -0.3 is 9.47 Å².